The lowest BCUT2D eigenvalue weighted by molar-refractivity contribution is -0.135. The number of hydrogen-bond donors (Lipinski definition) is 0. The van der Waals surface area contributed by atoms with Gasteiger partial charge in [-0.15, -0.1) is 0 Å². The van der Waals surface area contributed by atoms with Crippen LogP contribution in [0.4, 0.5) is 5.69 Å². The van der Waals surface area contributed by atoms with E-state index in [0.717, 1.165) is 17.1 Å². The number of methoxy groups -OCH3 is 1. The molecule has 2 aromatic carbocycles. The molecular formula is C17H15NO2S. The van der Waals surface area contributed by atoms with Crippen molar-refractivity contribution in [3.63, 3.8) is 0 Å². The standard InChI is InChI=1S/C17H15NO2S/c1-20-17(19)16-12-18(11-13-7-3-2-4-8-13)14-9-5-6-10-15(14)21-16/h2-10,12H,11H2,1H3. The average Bonchev–Trinajstić information content (AvgIpc) is 2.55. The van der Waals surface area contributed by atoms with Crippen molar-refractivity contribution >= 4 is 23.4 Å². The second kappa shape index (κ2) is 6.06. The Hall–Kier alpha value is -2.20. The van der Waals surface area contributed by atoms with Crippen LogP contribution in [0.25, 0.3) is 0 Å². The highest BCUT2D eigenvalue weighted by Gasteiger charge is 2.22. The number of carbonyl (C=O) groups is 1. The maximum absolute atomic E-state index is 11.8. The molecule has 3 rings (SSSR count). The summed E-state index contributed by atoms with van der Waals surface area (Å²) in [7, 11) is 1.41. The third-order valence-corrected chi connectivity index (χ3v) is 4.31. The minimum atomic E-state index is -0.299. The van der Waals surface area contributed by atoms with E-state index in [1.165, 1.54) is 24.4 Å². The summed E-state index contributed by atoms with van der Waals surface area (Å²) >= 11 is 1.45. The molecule has 21 heavy (non-hydrogen) atoms. The monoisotopic (exact) mass is 297 g/mol. The van der Waals surface area contributed by atoms with Crippen molar-refractivity contribution in [1.29, 1.82) is 0 Å². The lowest BCUT2D eigenvalue weighted by atomic mass is 10.2. The third kappa shape index (κ3) is 2.95. The molecule has 0 bridgehead atoms. The van der Waals surface area contributed by atoms with E-state index >= 15 is 0 Å². The van der Waals surface area contributed by atoms with E-state index in [1.807, 2.05) is 42.6 Å². The van der Waals surface area contributed by atoms with Crippen LogP contribution in [-0.2, 0) is 16.1 Å². The molecule has 3 nitrogen and oxygen atoms in total. The normalized spacial score (nSPS) is 13.4. The number of ether oxygens (including phenoxy) is 1. The molecule has 1 heterocycles. The first-order valence-corrected chi connectivity index (χ1v) is 7.47. The zero-order valence-electron chi connectivity index (χ0n) is 11.7. The Bertz CT molecular complexity index is 682. The highest BCUT2D eigenvalue weighted by Crippen LogP contribution is 2.40. The van der Waals surface area contributed by atoms with Crippen LogP contribution in [0, 0.1) is 0 Å². The maximum Gasteiger partial charge on any atom is 0.346 e. The summed E-state index contributed by atoms with van der Waals surface area (Å²) in [4.78, 5) is 15.6. The van der Waals surface area contributed by atoms with E-state index < -0.39 is 0 Å². The average molecular weight is 297 g/mol. The number of rotatable bonds is 3. The highest BCUT2D eigenvalue weighted by atomic mass is 32.2. The van der Waals surface area contributed by atoms with Crippen molar-refractivity contribution < 1.29 is 9.53 Å². The van der Waals surface area contributed by atoms with Crippen LogP contribution >= 0.6 is 11.8 Å². The molecule has 0 fully saturated rings. The van der Waals surface area contributed by atoms with Gasteiger partial charge in [0.2, 0.25) is 0 Å². The van der Waals surface area contributed by atoms with Gasteiger partial charge in [-0.2, -0.15) is 0 Å². The first kappa shape index (κ1) is 13.8. The van der Waals surface area contributed by atoms with Crippen LogP contribution in [0.5, 0.6) is 0 Å². The number of fused-ring (bicyclic) bond motifs is 1. The lowest BCUT2D eigenvalue weighted by Gasteiger charge is -2.28. The molecule has 0 radical (unpaired) electrons. The van der Waals surface area contributed by atoms with Gasteiger partial charge < -0.3 is 9.64 Å². The fourth-order valence-electron chi connectivity index (χ4n) is 2.24. The van der Waals surface area contributed by atoms with Crippen molar-refractivity contribution in [2.24, 2.45) is 0 Å². The van der Waals surface area contributed by atoms with Gasteiger partial charge in [0.1, 0.15) is 4.91 Å². The molecule has 0 spiro atoms. The Labute approximate surface area is 128 Å². The summed E-state index contributed by atoms with van der Waals surface area (Å²) in [5.74, 6) is -0.299. The molecule has 0 amide bonds. The first-order chi connectivity index (χ1) is 10.3. The predicted octanol–water partition coefficient (Wildman–Crippen LogP) is 3.81. The first-order valence-electron chi connectivity index (χ1n) is 6.65. The van der Waals surface area contributed by atoms with Gasteiger partial charge in [0, 0.05) is 17.6 Å². The van der Waals surface area contributed by atoms with Crippen molar-refractivity contribution in [1.82, 2.24) is 0 Å². The summed E-state index contributed by atoms with van der Waals surface area (Å²) in [6, 6.07) is 18.3. The number of carbonyl (C=O) groups excluding carboxylic acids is 1. The van der Waals surface area contributed by atoms with Crippen molar-refractivity contribution in [2.75, 3.05) is 12.0 Å². The molecule has 0 saturated heterocycles. The number of nitrogens with zero attached hydrogens (tertiary/aromatic N) is 1. The number of para-hydroxylation sites is 1. The predicted molar refractivity (Wildman–Crippen MR) is 85.0 cm³/mol. The summed E-state index contributed by atoms with van der Waals surface area (Å²) in [5.41, 5.74) is 2.30. The summed E-state index contributed by atoms with van der Waals surface area (Å²) in [6.45, 7) is 0.721. The molecular weight excluding hydrogens is 282 g/mol. The van der Waals surface area contributed by atoms with Crippen LogP contribution in [0.15, 0.2) is 70.6 Å². The second-order valence-electron chi connectivity index (χ2n) is 4.67. The molecule has 0 saturated carbocycles. The third-order valence-electron chi connectivity index (χ3n) is 3.25. The number of anilines is 1. The van der Waals surface area contributed by atoms with E-state index in [1.54, 1.807) is 0 Å². The smallest absolute Gasteiger partial charge is 0.346 e. The minimum absolute atomic E-state index is 0.299. The number of benzene rings is 2. The SMILES string of the molecule is COC(=O)C1=CN(Cc2ccccc2)c2ccccc2S1. The van der Waals surface area contributed by atoms with E-state index in [-0.39, 0.29) is 5.97 Å². The Morgan fingerprint density at radius 2 is 1.81 bits per heavy atom. The van der Waals surface area contributed by atoms with Crippen LogP contribution in [0.1, 0.15) is 5.56 Å². The van der Waals surface area contributed by atoms with Gasteiger partial charge in [-0.25, -0.2) is 4.79 Å². The molecule has 0 N–H and O–H groups in total. The van der Waals surface area contributed by atoms with Gasteiger partial charge in [0.15, 0.2) is 0 Å². The molecule has 106 valence electrons. The molecule has 1 aliphatic rings. The summed E-state index contributed by atoms with van der Waals surface area (Å²) in [5, 5.41) is 0. The van der Waals surface area contributed by atoms with Gasteiger partial charge >= 0.3 is 5.97 Å². The van der Waals surface area contributed by atoms with Gasteiger partial charge in [-0.3, -0.25) is 0 Å². The molecule has 0 aromatic heterocycles. The Morgan fingerprint density at radius 3 is 2.57 bits per heavy atom. The lowest BCUT2D eigenvalue weighted by Crippen LogP contribution is -2.21. The maximum atomic E-state index is 11.8. The molecule has 1 aliphatic heterocycles. The quantitative estimate of drug-likeness (QED) is 0.806. The van der Waals surface area contributed by atoms with Crippen molar-refractivity contribution in [2.45, 2.75) is 11.4 Å². The van der Waals surface area contributed by atoms with Crippen LogP contribution in [-0.4, -0.2) is 13.1 Å². The van der Waals surface area contributed by atoms with Crippen molar-refractivity contribution in [3.05, 3.63) is 71.3 Å². The molecule has 0 atom stereocenters. The number of hydrogen-bond acceptors (Lipinski definition) is 4. The number of esters is 1. The topological polar surface area (TPSA) is 29.5 Å². The van der Waals surface area contributed by atoms with Gasteiger partial charge in [-0.1, -0.05) is 54.2 Å². The van der Waals surface area contributed by atoms with Gasteiger partial charge in [-0.05, 0) is 17.7 Å². The fraction of sp³-hybridized carbons (Fsp3) is 0.118. The Morgan fingerprint density at radius 1 is 1.10 bits per heavy atom. The zero-order chi connectivity index (χ0) is 14.7. The van der Waals surface area contributed by atoms with Crippen LogP contribution in [0.3, 0.4) is 0 Å². The minimum Gasteiger partial charge on any atom is -0.465 e. The summed E-state index contributed by atoms with van der Waals surface area (Å²) < 4.78 is 4.85. The molecule has 0 unspecified atom stereocenters. The Kier molecular flexibility index (Phi) is 3.97. The van der Waals surface area contributed by atoms with Gasteiger partial charge in [0.25, 0.3) is 0 Å². The van der Waals surface area contributed by atoms with Crippen LogP contribution in [0.2, 0.25) is 0 Å². The highest BCUT2D eigenvalue weighted by molar-refractivity contribution is 8.04. The van der Waals surface area contributed by atoms with Crippen LogP contribution < -0.4 is 4.90 Å². The zero-order valence-corrected chi connectivity index (χ0v) is 12.5. The van der Waals surface area contributed by atoms with Gasteiger partial charge in [0.05, 0.1) is 12.8 Å². The second-order valence-corrected chi connectivity index (χ2v) is 5.75. The molecule has 0 aliphatic carbocycles. The van der Waals surface area contributed by atoms with E-state index in [4.69, 9.17) is 4.74 Å². The van der Waals surface area contributed by atoms with E-state index in [0.29, 0.717) is 4.91 Å². The van der Waals surface area contributed by atoms with Crippen molar-refractivity contribution in [3.8, 4) is 0 Å². The Balaban J connectivity index is 1.96. The largest absolute Gasteiger partial charge is 0.465 e. The summed E-state index contributed by atoms with van der Waals surface area (Å²) in [6.07, 6.45) is 1.87. The fourth-order valence-corrected chi connectivity index (χ4v) is 3.26. The molecule has 4 heteroatoms. The number of thioether (sulfide) groups is 1. The molecule has 2 aromatic rings. The van der Waals surface area contributed by atoms with E-state index in [2.05, 4.69) is 23.1 Å². The van der Waals surface area contributed by atoms with E-state index in [9.17, 15) is 4.79 Å².